The fourth-order valence-electron chi connectivity index (χ4n) is 4.27. The molecule has 1 aliphatic rings. The van der Waals surface area contributed by atoms with Gasteiger partial charge < -0.3 is 14.5 Å². The molecule has 0 bridgehead atoms. The smallest absolute Gasteiger partial charge is 0.406 e. The Morgan fingerprint density at radius 3 is 2.43 bits per heavy atom. The molecule has 5 rings (SSSR count). The van der Waals surface area contributed by atoms with E-state index in [4.69, 9.17) is 0 Å². The lowest BCUT2D eigenvalue weighted by Gasteiger charge is -2.35. The van der Waals surface area contributed by atoms with Crippen molar-refractivity contribution in [2.75, 3.05) is 31.1 Å². The molecule has 1 aliphatic heterocycles. The molecule has 7 nitrogen and oxygen atoms in total. The largest absolute Gasteiger partial charge is 0.573 e. The molecule has 4 aromatic rings. The third kappa shape index (κ3) is 5.25. The second-order valence-electron chi connectivity index (χ2n) is 8.46. The van der Waals surface area contributed by atoms with E-state index in [0.717, 1.165) is 18.2 Å². The Balaban J connectivity index is 1.28. The highest BCUT2D eigenvalue weighted by atomic mass is 19.4. The number of piperazine rings is 1. The highest BCUT2D eigenvalue weighted by Crippen LogP contribution is 2.30. The Bertz CT molecular complexity index is 1530. The van der Waals surface area contributed by atoms with Crippen LogP contribution in [0.15, 0.2) is 71.5 Å². The standard InChI is InChI=1S/C26H20F4N4O3/c27-21-15-17(8-9-19(21)16-4-3-5-18(14-16)37-26(28,29)30)24(36)33-10-12-34(13-11-33)25-31-22-7-2-1-6-20(22)23(35)32-25/h1-9,14-15H,10-13H2,(H,31,32,35). The SMILES string of the molecule is O=C(c1ccc(-c2cccc(OC(F)(F)F)c2)c(F)c1)N1CCN(c2nc3ccccc3c(=O)[nH]2)CC1. The summed E-state index contributed by atoms with van der Waals surface area (Å²) in [5, 5.41) is 0.491. The number of aromatic nitrogens is 2. The zero-order chi connectivity index (χ0) is 26.2. The number of hydrogen-bond acceptors (Lipinski definition) is 5. The molecule has 0 unspecified atom stereocenters. The summed E-state index contributed by atoms with van der Waals surface area (Å²) in [6.45, 7) is 1.49. The Hall–Kier alpha value is -4.41. The molecule has 0 atom stereocenters. The molecule has 1 fully saturated rings. The number of halogens is 4. The number of ether oxygens (including phenoxy) is 1. The number of carbonyl (C=O) groups excluding carboxylic acids is 1. The van der Waals surface area contributed by atoms with Crippen molar-refractivity contribution in [3.8, 4) is 16.9 Å². The van der Waals surface area contributed by atoms with E-state index in [0.29, 0.717) is 43.0 Å². The van der Waals surface area contributed by atoms with Gasteiger partial charge in [0.15, 0.2) is 0 Å². The van der Waals surface area contributed by atoms with E-state index in [-0.39, 0.29) is 28.2 Å². The summed E-state index contributed by atoms with van der Waals surface area (Å²) in [7, 11) is 0. The number of fused-ring (bicyclic) bond motifs is 1. The van der Waals surface area contributed by atoms with Gasteiger partial charge in [-0.2, -0.15) is 0 Å². The Morgan fingerprint density at radius 2 is 1.70 bits per heavy atom. The van der Waals surface area contributed by atoms with Crippen molar-refractivity contribution in [2.45, 2.75) is 6.36 Å². The normalized spacial score (nSPS) is 14.2. The van der Waals surface area contributed by atoms with E-state index < -0.39 is 17.9 Å². The molecule has 2 heterocycles. The lowest BCUT2D eigenvalue weighted by molar-refractivity contribution is -0.274. The number of alkyl halides is 3. The molecule has 0 aliphatic carbocycles. The summed E-state index contributed by atoms with van der Waals surface area (Å²) in [6.07, 6.45) is -4.86. The van der Waals surface area contributed by atoms with E-state index in [9.17, 15) is 27.2 Å². The summed E-state index contributed by atoms with van der Waals surface area (Å²) in [5.74, 6) is -1.17. The number of H-pyrrole nitrogens is 1. The van der Waals surface area contributed by atoms with Crippen molar-refractivity contribution in [3.05, 3.63) is 88.5 Å². The first-order chi connectivity index (χ1) is 17.7. The summed E-state index contributed by atoms with van der Waals surface area (Å²) in [5.41, 5.74) is 0.676. The second kappa shape index (κ2) is 9.57. The molecular weight excluding hydrogens is 492 g/mol. The van der Waals surface area contributed by atoms with Gasteiger partial charge in [-0.15, -0.1) is 13.2 Å². The molecule has 11 heteroatoms. The van der Waals surface area contributed by atoms with Gasteiger partial charge in [0.25, 0.3) is 11.5 Å². The van der Waals surface area contributed by atoms with Gasteiger partial charge in [-0.3, -0.25) is 14.6 Å². The van der Waals surface area contributed by atoms with E-state index in [1.807, 2.05) is 4.90 Å². The van der Waals surface area contributed by atoms with Crippen molar-refractivity contribution in [1.82, 2.24) is 14.9 Å². The van der Waals surface area contributed by atoms with Crippen molar-refractivity contribution < 1.29 is 27.1 Å². The van der Waals surface area contributed by atoms with E-state index in [2.05, 4.69) is 14.7 Å². The minimum atomic E-state index is -4.86. The maximum Gasteiger partial charge on any atom is 0.573 e. The quantitative estimate of drug-likeness (QED) is 0.405. The van der Waals surface area contributed by atoms with Crippen LogP contribution in [0.4, 0.5) is 23.5 Å². The number of anilines is 1. The van der Waals surface area contributed by atoms with Gasteiger partial charge in [-0.25, -0.2) is 9.37 Å². The zero-order valence-corrected chi connectivity index (χ0v) is 19.3. The fourth-order valence-corrected chi connectivity index (χ4v) is 4.27. The number of benzene rings is 3. The Morgan fingerprint density at radius 1 is 0.946 bits per heavy atom. The minimum Gasteiger partial charge on any atom is -0.406 e. The fraction of sp³-hybridized carbons (Fsp3) is 0.192. The van der Waals surface area contributed by atoms with Crippen LogP contribution in [0.3, 0.4) is 0 Å². The molecule has 1 aromatic heterocycles. The number of carbonyl (C=O) groups is 1. The van der Waals surface area contributed by atoms with E-state index >= 15 is 0 Å². The van der Waals surface area contributed by atoms with Crippen LogP contribution in [0.25, 0.3) is 22.0 Å². The second-order valence-corrected chi connectivity index (χ2v) is 8.46. The summed E-state index contributed by atoms with van der Waals surface area (Å²) < 4.78 is 56.3. The van der Waals surface area contributed by atoms with Crippen LogP contribution < -0.4 is 15.2 Å². The number of nitrogens with one attached hydrogen (secondary N) is 1. The lowest BCUT2D eigenvalue weighted by Crippen LogP contribution is -2.49. The topological polar surface area (TPSA) is 78.5 Å². The molecule has 0 radical (unpaired) electrons. The number of rotatable bonds is 4. The van der Waals surface area contributed by atoms with Crippen LogP contribution in [-0.4, -0.2) is 53.3 Å². The minimum absolute atomic E-state index is 0.0420. The van der Waals surface area contributed by atoms with Crippen molar-refractivity contribution >= 4 is 22.8 Å². The maximum absolute atomic E-state index is 14.9. The number of nitrogens with zero attached hydrogens (tertiary/aromatic N) is 3. The molecule has 3 aromatic carbocycles. The predicted molar refractivity (Wildman–Crippen MR) is 129 cm³/mol. The predicted octanol–water partition coefficient (Wildman–Crippen LogP) is 4.59. The van der Waals surface area contributed by atoms with Crippen LogP contribution in [-0.2, 0) is 0 Å². The van der Waals surface area contributed by atoms with Crippen molar-refractivity contribution in [1.29, 1.82) is 0 Å². The van der Waals surface area contributed by atoms with Gasteiger partial charge in [0.05, 0.1) is 10.9 Å². The highest BCUT2D eigenvalue weighted by molar-refractivity contribution is 5.95. The van der Waals surface area contributed by atoms with Gasteiger partial charge in [-0.1, -0.05) is 30.3 Å². The molecule has 1 amide bonds. The molecular formula is C26H20F4N4O3. The maximum atomic E-state index is 14.9. The molecule has 190 valence electrons. The van der Waals surface area contributed by atoms with E-state index in [1.165, 1.54) is 24.3 Å². The average Bonchev–Trinajstić information content (AvgIpc) is 2.87. The first-order valence-corrected chi connectivity index (χ1v) is 11.4. The van der Waals surface area contributed by atoms with Crippen LogP contribution in [0.1, 0.15) is 10.4 Å². The number of aromatic amines is 1. The zero-order valence-electron chi connectivity index (χ0n) is 19.3. The van der Waals surface area contributed by atoms with Crippen LogP contribution >= 0.6 is 0 Å². The van der Waals surface area contributed by atoms with Gasteiger partial charge >= 0.3 is 6.36 Å². The summed E-state index contributed by atoms with van der Waals surface area (Å²) >= 11 is 0. The first-order valence-electron chi connectivity index (χ1n) is 11.4. The first kappa shape index (κ1) is 24.3. The van der Waals surface area contributed by atoms with Crippen LogP contribution in [0.5, 0.6) is 5.75 Å². The van der Waals surface area contributed by atoms with Crippen LogP contribution in [0, 0.1) is 5.82 Å². The van der Waals surface area contributed by atoms with Gasteiger partial charge in [0.2, 0.25) is 5.95 Å². The Labute approximate surface area is 207 Å². The monoisotopic (exact) mass is 512 g/mol. The molecule has 37 heavy (non-hydrogen) atoms. The van der Waals surface area contributed by atoms with Crippen LogP contribution in [0.2, 0.25) is 0 Å². The van der Waals surface area contributed by atoms with Gasteiger partial charge in [0, 0.05) is 37.3 Å². The van der Waals surface area contributed by atoms with E-state index in [1.54, 1.807) is 29.2 Å². The third-order valence-corrected chi connectivity index (χ3v) is 6.06. The number of amides is 1. The molecule has 0 spiro atoms. The Kier molecular flexibility index (Phi) is 6.28. The molecule has 1 saturated heterocycles. The summed E-state index contributed by atoms with van der Waals surface area (Å²) in [6, 6.07) is 15.9. The number of hydrogen-bond donors (Lipinski definition) is 1. The van der Waals surface area contributed by atoms with Crippen molar-refractivity contribution in [2.24, 2.45) is 0 Å². The van der Waals surface area contributed by atoms with Gasteiger partial charge in [0.1, 0.15) is 11.6 Å². The van der Waals surface area contributed by atoms with Crippen molar-refractivity contribution in [3.63, 3.8) is 0 Å². The highest BCUT2D eigenvalue weighted by Gasteiger charge is 2.31. The lowest BCUT2D eigenvalue weighted by atomic mass is 10.0. The summed E-state index contributed by atoms with van der Waals surface area (Å²) in [4.78, 5) is 36.1. The molecule has 1 N–H and O–H groups in total. The molecule has 0 saturated carbocycles. The average molecular weight is 512 g/mol. The third-order valence-electron chi connectivity index (χ3n) is 6.06. The van der Waals surface area contributed by atoms with Gasteiger partial charge in [-0.05, 0) is 42.0 Å². The number of para-hydroxylation sites is 1.